The van der Waals surface area contributed by atoms with Crippen molar-refractivity contribution in [3.8, 4) is 11.5 Å². The summed E-state index contributed by atoms with van der Waals surface area (Å²) >= 11 is 0. The number of hydrogen-bond donors (Lipinski definition) is 1. The zero-order valence-electron chi connectivity index (χ0n) is 15.0. The molecular formula is C18H29N3O2. The van der Waals surface area contributed by atoms with Gasteiger partial charge in [-0.3, -0.25) is 4.99 Å². The van der Waals surface area contributed by atoms with E-state index >= 15 is 0 Å². The molecule has 1 fully saturated rings. The summed E-state index contributed by atoms with van der Waals surface area (Å²) in [6.45, 7) is 10.0. The van der Waals surface area contributed by atoms with Gasteiger partial charge in [-0.2, -0.15) is 0 Å². The predicted octanol–water partition coefficient (Wildman–Crippen LogP) is 2.90. The van der Waals surface area contributed by atoms with Gasteiger partial charge < -0.3 is 19.7 Å². The van der Waals surface area contributed by atoms with E-state index in [1.165, 1.54) is 6.42 Å². The van der Waals surface area contributed by atoms with E-state index in [2.05, 4.69) is 35.1 Å². The Kier molecular flexibility index (Phi) is 5.74. The fourth-order valence-electron chi connectivity index (χ4n) is 2.90. The lowest BCUT2D eigenvalue weighted by atomic mass is 9.93. The number of rotatable bonds is 5. The number of aliphatic imine (C=N–C) groups is 1. The highest BCUT2D eigenvalue weighted by Gasteiger charge is 2.30. The van der Waals surface area contributed by atoms with Gasteiger partial charge in [-0.15, -0.1) is 0 Å². The Balaban J connectivity index is 1.99. The summed E-state index contributed by atoms with van der Waals surface area (Å²) in [5.41, 5.74) is 1.50. The molecular weight excluding hydrogens is 290 g/mol. The second-order valence-corrected chi connectivity index (χ2v) is 6.65. The SMILES string of the molecule is CCOc1ccc(CNC(=NC)N2CCC(C)(C)C2)cc1OC. The summed E-state index contributed by atoms with van der Waals surface area (Å²) in [6, 6.07) is 6.03. The highest BCUT2D eigenvalue weighted by Crippen LogP contribution is 2.29. The molecule has 0 aromatic heterocycles. The molecule has 1 aromatic carbocycles. The van der Waals surface area contributed by atoms with Crippen molar-refractivity contribution in [3.63, 3.8) is 0 Å². The minimum absolute atomic E-state index is 0.361. The predicted molar refractivity (Wildman–Crippen MR) is 94.3 cm³/mol. The average molecular weight is 319 g/mol. The van der Waals surface area contributed by atoms with Gasteiger partial charge in [0.05, 0.1) is 13.7 Å². The molecule has 0 amide bonds. The fraction of sp³-hybridized carbons (Fsp3) is 0.611. The maximum Gasteiger partial charge on any atom is 0.193 e. The second kappa shape index (κ2) is 7.57. The van der Waals surface area contributed by atoms with Gasteiger partial charge in [0, 0.05) is 26.7 Å². The Hall–Kier alpha value is -1.91. The maximum absolute atomic E-state index is 5.56. The molecule has 0 bridgehead atoms. The monoisotopic (exact) mass is 319 g/mol. The molecule has 0 radical (unpaired) electrons. The number of nitrogens with one attached hydrogen (secondary N) is 1. The largest absolute Gasteiger partial charge is 0.493 e. The molecule has 1 N–H and O–H groups in total. The second-order valence-electron chi connectivity index (χ2n) is 6.65. The minimum atomic E-state index is 0.361. The van der Waals surface area contributed by atoms with Gasteiger partial charge in [-0.05, 0) is 36.5 Å². The zero-order valence-corrected chi connectivity index (χ0v) is 15.0. The third kappa shape index (κ3) is 4.53. The van der Waals surface area contributed by atoms with Crippen LogP contribution in [-0.2, 0) is 6.54 Å². The molecule has 1 aliphatic heterocycles. The number of hydrogen-bond acceptors (Lipinski definition) is 3. The van der Waals surface area contributed by atoms with E-state index in [0.717, 1.165) is 36.1 Å². The molecule has 5 heteroatoms. The van der Waals surface area contributed by atoms with Crippen molar-refractivity contribution in [2.75, 3.05) is 33.9 Å². The number of methoxy groups -OCH3 is 1. The fourth-order valence-corrected chi connectivity index (χ4v) is 2.90. The van der Waals surface area contributed by atoms with Crippen LogP contribution in [0, 0.1) is 5.41 Å². The van der Waals surface area contributed by atoms with Crippen LogP contribution in [0.3, 0.4) is 0 Å². The van der Waals surface area contributed by atoms with Crippen molar-refractivity contribution in [1.29, 1.82) is 0 Å². The highest BCUT2D eigenvalue weighted by atomic mass is 16.5. The molecule has 128 valence electrons. The van der Waals surface area contributed by atoms with Crippen LogP contribution in [0.4, 0.5) is 0 Å². The summed E-state index contributed by atoms with van der Waals surface area (Å²) in [5.74, 6) is 2.51. The van der Waals surface area contributed by atoms with Crippen molar-refractivity contribution in [1.82, 2.24) is 10.2 Å². The number of benzene rings is 1. The molecule has 1 saturated heterocycles. The molecule has 0 atom stereocenters. The van der Waals surface area contributed by atoms with Gasteiger partial charge in [0.2, 0.25) is 0 Å². The van der Waals surface area contributed by atoms with Gasteiger partial charge in [-0.25, -0.2) is 0 Å². The first-order valence-electron chi connectivity index (χ1n) is 8.24. The summed E-state index contributed by atoms with van der Waals surface area (Å²) in [4.78, 5) is 6.74. The van der Waals surface area contributed by atoms with Gasteiger partial charge in [-0.1, -0.05) is 19.9 Å². The number of nitrogens with zero attached hydrogens (tertiary/aromatic N) is 2. The lowest BCUT2D eigenvalue weighted by Gasteiger charge is -2.23. The molecule has 0 unspecified atom stereocenters. The highest BCUT2D eigenvalue weighted by molar-refractivity contribution is 5.80. The van der Waals surface area contributed by atoms with Crippen LogP contribution in [0.2, 0.25) is 0 Å². The molecule has 0 spiro atoms. The van der Waals surface area contributed by atoms with Crippen LogP contribution in [0.25, 0.3) is 0 Å². The molecule has 23 heavy (non-hydrogen) atoms. The van der Waals surface area contributed by atoms with Crippen LogP contribution in [0.5, 0.6) is 11.5 Å². The van der Waals surface area contributed by atoms with Crippen molar-refractivity contribution in [2.45, 2.75) is 33.7 Å². The van der Waals surface area contributed by atoms with Crippen LogP contribution in [0.15, 0.2) is 23.2 Å². The van der Waals surface area contributed by atoms with Crippen molar-refractivity contribution in [3.05, 3.63) is 23.8 Å². The van der Waals surface area contributed by atoms with E-state index in [9.17, 15) is 0 Å². The first-order chi connectivity index (χ1) is 11.0. The molecule has 1 aromatic rings. The Bertz CT molecular complexity index is 555. The van der Waals surface area contributed by atoms with E-state index in [1.54, 1.807) is 7.11 Å². The minimum Gasteiger partial charge on any atom is -0.493 e. The smallest absolute Gasteiger partial charge is 0.193 e. The lowest BCUT2D eigenvalue weighted by Crippen LogP contribution is -2.40. The van der Waals surface area contributed by atoms with E-state index in [0.29, 0.717) is 18.6 Å². The van der Waals surface area contributed by atoms with Crippen LogP contribution in [-0.4, -0.2) is 44.7 Å². The van der Waals surface area contributed by atoms with Gasteiger partial charge in [0.1, 0.15) is 0 Å². The Morgan fingerprint density at radius 3 is 2.70 bits per heavy atom. The Morgan fingerprint density at radius 2 is 2.13 bits per heavy atom. The van der Waals surface area contributed by atoms with Crippen molar-refractivity contribution in [2.24, 2.45) is 10.4 Å². The zero-order chi connectivity index (χ0) is 16.9. The first kappa shape index (κ1) is 17.4. The number of guanidine groups is 1. The summed E-state index contributed by atoms with van der Waals surface area (Å²) in [5, 5.41) is 3.45. The summed E-state index contributed by atoms with van der Waals surface area (Å²) in [6.07, 6.45) is 1.20. The topological polar surface area (TPSA) is 46.1 Å². The third-order valence-corrected chi connectivity index (χ3v) is 4.17. The quantitative estimate of drug-likeness (QED) is 0.669. The molecule has 0 saturated carbocycles. The Labute approximate surface area is 139 Å². The van der Waals surface area contributed by atoms with E-state index in [1.807, 2.05) is 26.1 Å². The maximum atomic E-state index is 5.56. The van der Waals surface area contributed by atoms with Crippen molar-refractivity contribution < 1.29 is 9.47 Å². The van der Waals surface area contributed by atoms with Gasteiger partial charge in [0.15, 0.2) is 17.5 Å². The van der Waals surface area contributed by atoms with Crippen LogP contribution in [0.1, 0.15) is 32.8 Å². The average Bonchev–Trinajstić information content (AvgIpc) is 2.89. The van der Waals surface area contributed by atoms with Crippen LogP contribution >= 0.6 is 0 Å². The third-order valence-electron chi connectivity index (χ3n) is 4.17. The standard InChI is InChI=1S/C18H29N3O2/c1-6-23-15-8-7-14(11-16(15)22-5)12-20-17(19-4)21-10-9-18(2,3)13-21/h7-8,11H,6,9-10,12-13H2,1-5H3,(H,19,20). The normalized spacial score (nSPS) is 17.3. The number of ether oxygens (including phenoxy) is 2. The molecule has 1 aliphatic rings. The van der Waals surface area contributed by atoms with E-state index in [4.69, 9.17) is 9.47 Å². The first-order valence-corrected chi connectivity index (χ1v) is 8.24. The number of likely N-dealkylation sites (tertiary alicyclic amines) is 1. The van der Waals surface area contributed by atoms with Gasteiger partial charge >= 0.3 is 0 Å². The molecule has 0 aliphatic carbocycles. The van der Waals surface area contributed by atoms with Crippen LogP contribution < -0.4 is 14.8 Å². The molecule has 1 heterocycles. The Morgan fingerprint density at radius 1 is 1.35 bits per heavy atom. The summed E-state index contributed by atoms with van der Waals surface area (Å²) < 4.78 is 11.0. The summed E-state index contributed by atoms with van der Waals surface area (Å²) in [7, 11) is 3.51. The van der Waals surface area contributed by atoms with Gasteiger partial charge in [0.25, 0.3) is 0 Å². The van der Waals surface area contributed by atoms with E-state index in [-0.39, 0.29) is 0 Å². The lowest BCUT2D eigenvalue weighted by molar-refractivity contribution is 0.310. The van der Waals surface area contributed by atoms with Crippen molar-refractivity contribution >= 4 is 5.96 Å². The van der Waals surface area contributed by atoms with E-state index < -0.39 is 0 Å². The molecule has 5 nitrogen and oxygen atoms in total. The molecule has 2 rings (SSSR count).